The van der Waals surface area contributed by atoms with Crippen LogP contribution in [0.1, 0.15) is 5.69 Å². The van der Waals surface area contributed by atoms with E-state index in [1.807, 2.05) is 12.1 Å². The molecule has 0 radical (unpaired) electrons. The van der Waals surface area contributed by atoms with Gasteiger partial charge >= 0.3 is 5.97 Å². The molecule has 128 valence electrons. The first-order valence-corrected chi connectivity index (χ1v) is 8.11. The molecule has 0 atom stereocenters. The summed E-state index contributed by atoms with van der Waals surface area (Å²) in [6, 6.07) is 15.6. The lowest BCUT2D eigenvalue weighted by atomic mass is 10.2. The van der Waals surface area contributed by atoms with E-state index in [0.29, 0.717) is 27.2 Å². The number of aromatic nitrogens is 1. The molecule has 3 aromatic rings. The maximum atomic E-state index is 11.7. The number of nitrogens with zero attached hydrogens (tertiary/aromatic N) is 1. The van der Waals surface area contributed by atoms with Crippen molar-refractivity contribution in [3.8, 4) is 17.1 Å². The van der Waals surface area contributed by atoms with Gasteiger partial charge in [0.25, 0.3) is 0 Å². The van der Waals surface area contributed by atoms with Crippen LogP contribution in [-0.2, 0) is 16.1 Å². The molecule has 1 aromatic heterocycles. The minimum atomic E-state index is -0.508. The number of carbonyl (C=O) groups is 1. The molecule has 0 aliphatic carbocycles. The Hall–Kier alpha value is -2.50. The van der Waals surface area contributed by atoms with Crippen LogP contribution < -0.4 is 4.74 Å². The highest BCUT2D eigenvalue weighted by Crippen LogP contribution is 2.22. The summed E-state index contributed by atoms with van der Waals surface area (Å²) in [5, 5.41) is 5.11. The fourth-order valence-corrected chi connectivity index (χ4v) is 2.25. The number of hydrogen-bond donors (Lipinski definition) is 0. The van der Waals surface area contributed by atoms with Crippen LogP contribution in [0.2, 0.25) is 10.0 Å². The molecule has 5 nitrogen and oxygen atoms in total. The Kier molecular flexibility index (Phi) is 5.58. The fraction of sp³-hybridized carbons (Fsp3) is 0.111. The summed E-state index contributed by atoms with van der Waals surface area (Å²) in [5.41, 5.74) is 1.34. The van der Waals surface area contributed by atoms with Gasteiger partial charge < -0.3 is 14.0 Å². The summed E-state index contributed by atoms with van der Waals surface area (Å²) >= 11 is 11.6. The Labute approximate surface area is 154 Å². The van der Waals surface area contributed by atoms with E-state index < -0.39 is 5.97 Å². The van der Waals surface area contributed by atoms with Gasteiger partial charge in [0.05, 0.1) is 0 Å². The Balaban J connectivity index is 1.49. The van der Waals surface area contributed by atoms with E-state index in [9.17, 15) is 4.79 Å². The van der Waals surface area contributed by atoms with Crippen LogP contribution in [0.4, 0.5) is 0 Å². The standard InChI is InChI=1S/C18H13Cl2NO4/c19-13-3-1-12(2-4-13)17-9-15(21-25-17)10-24-18(22)11-23-16-7-5-14(20)6-8-16/h1-9H,10-11H2. The van der Waals surface area contributed by atoms with Gasteiger partial charge in [-0.15, -0.1) is 0 Å². The van der Waals surface area contributed by atoms with Gasteiger partial charge in [0.15, 0.2) is 12.4 Å². The second-order valence-electron chi connectivity index (χ2n) is 5.09. The van der Waals surface area contributed by atoms with Crippen molar-refractivity contribution >= 4 is 29.2 Å². The molecule has 25 heavy (non-hydrogen) atoms. The molecule has 0 fully saturated rings. The fourth-order valence-electron chi connectivity index (χ4n) is 2.00. The van der Waals surface area contributed by atoms with Crippen LogP contribution in [0.3, 0.4) is 0 Å². The highest BCUT2D eigenvalue weighted by molar-refractivity contribution is 6.30. The molecular formula is C18H13Cl2NO4. The third kappa shape index (κ3) is 4.98. The van der Waals surface area contributed by atoms with E-state index in [2.05, 4.69) is 5.16 Å². The SMILES string of the molecule is O=C(COc1ccc(Cl)cc1)OCc1cc(-c2ccc(Cl)cc2)on1. The molecule has 0 N–H and O–H groups in total. The van der Waals surface area contributed by atoms with Gasteiger partial charge in [-0.05, 0) is 48.5 Å². The Morgan fingerprint density at radius 2 is 1.64 bits per heavy atom. The van der Waals surface area contributed by atoms with Gasteiger partial charge in [-0.2, -0.15) is 0 Å². The van der Waals surface area contributed by atoms with Crippen LogP contribution in [0.5, 0.6) is 5.75 Å². The molecule has 1 heterocycles. The molecule has 0 saturated heterocycles. The van der Waals surface area contributed by atoms with Crippen LogP contribution in [0.15, 0.2) is 59.1 Å². The zero-order valence-corrected chi connectivity index (χ0v) is 14.5. The Morgan fingerprint density at radius 1 is 1.00 bits per heavy atom. The van der Waals surface area contributed by atoms with Crippen molar-refractivity contribution in [1.82, 2.24) is 5.16 Å². The number of hydrogen-bond acceptors (Lipinski definition) is 5. The monoisotopic (exact) mass is 377 g/mol. The largest absolute Gasteiger partial charge is 0.482 e. The molecule has 0 saturated carbocycles. The first kappa shape index (κ1) is 17.3. The van der Waals surface area contributed by atoms with Gasteiger partial charge in [0.2, 0.25) is 0 Å². The average molecular weight is 378 g/mol. The molecule has 0 aliphatic heterocycles. The molecule has 0 spiro atoms. The number of carbonyl (C=O) groups excluding carboxylic acids is 1. The molecule has 3 rings (SSSR count). The van der Waals surface area contributed by atoms with Crippen LogP contribution in [-0.4, -0.2) is 17.7 Å². The van der Waals surface area contributed by atoms with Crippen LogP contribution >= 0.6 is 23.2 Å². The van der Waals surface area contributed by atoms with Crippen molar-refractivity contribution < 1.29 is 18.8 Å². The van der Waals surface area contributed by atoms with Gasteiger partial charge in [-0.3, -0.25) is 0 Å². The lowest BCUT2D eigenvalue weighted by Gasteiger charge is -2.05. The highest BCUT2D eigenvalue weighted by Gasteiger charge is 2.10. The summed E-state index contributed by atoms with van der Waals surface area (Å²) in [6.07, 6.45) is 0. The lowest BCUT2D eigenvalue weighted by molar-refractivity contribution is -0.147. The average Bonchev–Trinajstić information content (AvgIpc) is 3.09. The molecule has 0 unspecified atom stereocenters. The van der Waals surface area contributed by atoms with E-state index in [4.69, 9.17) is 37.2 Å². The number of benzene rings is 2. The minimum Gasteiger partial charge on any atom is -0.482 e. The van der Waals surface area contributed by atoms with Crippen LogP contribution in [0, 0.1) is 0 Å². The van der Waals surface area contributed by atoms with E-state index in [1.165, 1.54) is 0 Å². The number of ether oxygens (including phenoxy) is 2. The zero-order valence-electron chi connectivity index (χ0n) is 12.9. The Bertz CT molecular complexity index is 844. The quantitative estimate of drug-likeness (QED) is 0.578. The van der Waals surface area contributed by atoms with Crippen LogP contribution in [0.25, 0.3) is 11.3 Å². The van der Waals surface area contributed by atoms with E-state index in [1.54, 1.807) is 42.5 Å². The number of halogens is 2. The first-order valence-electron chi connectivity index (χ1n) is 7.36. The van der Waals surface area contributed by atoms with Gasteiger partial charge in [0.1, 0.15) is 18.1 Å². The minimum absolute atomic E-state index is 0.0000983. The summed E-state index contributed by atoms with van der Waals surface area (Å²) in [5.74, 6) is 0.596. The van der Waals surface area contributed by atoms with Crippen molar-refractivity contribution in [3.05, 3.63) is 70.3 Å². The second kappa shape index (κ2) is 8.05. The number of rotatable bonds is 6. The van der Waals surface area contributed by atoms with E-state index in [0.717, 1.165) is 5.56 Å². The number of esters is 1. The van der Waals surface area contributed by atoms with Crippen molar-refractivity contribution in [1.29, 1.82) is 0 Å². The van der Waals surface area contributed by atoms with Crippen molar-refractivity contribution in [3.63, 3.8) is 0 Å². The second-order valence-corrected chi connectivity index (χ2v) is 5.97. The highest BCUT2D eigenvalue weighted by atomic mass is 35.5. The molecule has 7 heteroatoms. The lowest BCUT2D eigenvalue weighted by Crippen LogP contribution is -2.14. The maximum Gasteiger partial charge on any atom is 0.344 e. The zero-order chi connectivity index (χ0) is 17.6. The predicted molar refractivity (Wildman–Crippen MR) is 93.7 cm³/mol. The molecular weight excluding hydrogens is 365 g/mol. The van der Waals surface area contributed by atoms with E-state index >= 15 is 0 Å². The smallest absolute Gasteiger partial charge is 0.344 e. The topological polar surface area (TPSA) is 61.6 Å². The normalized spacial score (nSPS) is 10.5. The summed E-state index contributed by atoms with van der Waals surface area (Å²) < 4.78 is 15.7. The van der Waals surface area contributed by atoms with Gasteiger partial charge in [-0.1, -0.05) is 28.4 Å². The molecule has 0 bridgehead atoms. The maximum absolute atomic E-state index is 11.7. The Morgan fingerprint density at radius 3 is 2.32 bits per heavy atom. The molecule has 0 amide bonds. The summed E-state index contributed by atoms with van der Waals surface area (Å²) in [6.45, 7) is -0.205. The molecule has 0 aliphatic rings. The van der Waals surface area contributed by atoms with Crippen molar-refractivity contribution in [2.45, 2.75) is 6.61 Å². The first-order chi connectivity index (χ1) is 12.1. The van der Waals surface area contributed by atoms with Gasteiger partial charge in [0, 0.05) is 21.7 Å². The predicted octanol–water partition coefficient (Wildman–Crippen LogP) is 4.77. The van der Waals surface area contributed by atoms with E-state index in [-0.39, 0.29) is 13.2 Å². The molecule has 2 aromatic carbocycles. The third-order valence-corrected chi connectivity index (χ3v) is 3.74. The summed E-state index contributed by atoms with van der Waals surface area (Å²) in [7, 11) is 0. The van der Waals surface area contributed by atoms with Crippen molar-refractivity contribution in [2.75, 3.05) is 6.61 Å². The van der Waals surface area contributed by atoms with Gasteiger partial charge in [-0.25, -0.2) is 4.79 Å². The summed E-state index contributed by atoms with van der Waals surface area (Å²) in [4.78, 5) is 11.7. The van der Waals surface area contributed by atoms with Crippen molar-refractivity contribution in [2.24, 2.45) is 0 Å². The third-order valence-electron chi connectivity index (χ3n) is 3.24.